The maximum absolute atomic E-state index is 11.4. The van der Waals surface area contributed by atoms with Gasteiger partial charge in [-0.05, 0) is 59.7 Å². The Balaban J connectivity index is 1.67. The van der Waals surface area contributed by atoms with Crippen LogP contribution in [0.3, 0.4) is 0 Å². The van der Waals surface area contributed by atoms with Crippen LogP contribution < -0.4 is 5.32 Å². The maximum atomic E-state index is 11.4. The zero-order valence-electron chi connectivity index (χ0n) is 14.3. The topological polar surface area (TPSA) is 37.3 Å². The fraction of sp³-hybridized carbons (Fsp3) is 0.350. The van der Waals surface area contributed by atoms with Gasteiger partial charge >= 0.3 is 0 Å². The number of benzene rings is 1. The first-order chi connectivity index (χ1) is 12.2. The van der Waals surface area contributed by atoms with Crippen LogP contribution in [0.15, 0.2) is 55.3 Å². The summed E-state index contributed by atoms with van der Waals surface area (Å²) in [5.41, 5.74) is 2.64. The number of nitrogens with zero attached hydrogens (tertiary/aromatic N) is 2. The van der Waals surface area contributed by atoms with Crippen molar-refractivity contribution in [2.24, 2.45) is 0 Å². The number of amides is 1. The third kappa shape index (κ3) is 4.95. The molecule has 0 aliphatic carbocycles. The van der Waals surface area contributed by atoms with Crippen molar-refractivity contribution in [3.8, 4) is 0 Å². The van der Waals surface area contributed by atoms with E-state index in [4.69, 9.17) is 0 Å². The fourth-order valence-electron chi connectivity index (χ4n) is 3.41. The van der Waals surface area contributed by atoms with E-state index in [9.17, 15) is 4.79 Å². The van der Waals surface area contributed by atoms with Gasteiger partial charge in [-0.3, -0.25) is 9.69 Å². The summed E-state index contributed by atoms with van der Waals surface area (Å²) in [6, 6.07) is 13.2. The Kier molecular flexibility index (Phi) is 6.31. The summed E-state index contributed by atoms with van der Waals surface area (Å²) in [5, 5.41) is 2.94. The molecule has 1 atom stereocenters. The lowest BCUT2D eigenvalue weighted by Gasteiger charge is -2.25. The lowest BCUT2D eigenvalue weighted by molar-refractivity contribution is -0.116. The summed E-state index contributed by atoms with van der Waals surface area (Å²) in [4.78, 5) is 13.9. The second-order valence-corrected chi connectivity index (χ2v) is 7.72. The number of rotatable bonds is 7. The smallest absolute Gasteiger partial charge is 0.243 e. The molecule has 3 rings (SSSR count). The van der Waals surface area contributed by atoms with Crippen molar-refractivity contribution in [1.29, 1.82) is 0 Å². The van der Waals surface area contributed by atoms with Crippen molar-refractivity contribution in [3.63, 3.8) is 0 Å². The van der Waals surface area contributed by atoms with E-state index in [1.54, 1.807) is 0 Å². The van der Waals surface area contributed by atoms with Gasteiger partial charge in [-0.1, -0.05) is 36.9 Å². The first-order valence-corrected chi connectivity index (χ1v) is 9.76. The highest BCUT2D eigenvalue weighted by molar-refractivity contribution is 14.1. The molecule has 0 spiro atoms. The zero-order chi connectivity index (χ0) is 17.6. The first-order valence-electron chi connectivity index (χ1n) is 8.68. The highest BCUT2D eigenvalue weighted by atomic mass is 127. The molecule has 5 heteroatoms. The SMILES string of the molecule is C=CC(=O)NC[C@@H]1CCCN1Cc1cc(I)cn1Cc1ccccc1. The molecule has 132 valence electrons. The molecule has 1 saturated heterocycles. The van der Waals surface area contributed by atoms with E-state index in [1.165, 1.54) is 27.3 Å². The van der Waals surface area contributed by atoms with Crippen molar-refractivity contribution >= 4 is 28.5 Å². The van der Waals surface area contributed by atoms with Gasteiger partial charge in [-0.2, -0.15) is 0 Å². The third-order valence-electron chi connectivity index (χ3n) is 4.71. The summed E-state index contributed by atoms with van der Waals surface area (Å²) in [5.74, 6) is -0.0890. The molecule has 1 aromatic heterocycles. The van der Waals surface area contributed by atoms with Crippen LogP contribution >= 0.6 is 22.6 Å². The Morgan fingerprint density at radius 2 is 2.12 bits per heavy atom. The van der Waals surface area contributed by atoms with Crippen molar-refractivity contribution in [3.05, 3.63) is 70.1 Å². The van der Waals surface area contributed by atoms with Gasteiger partial charge in [0.25, 0.3) is 0 Å². The van der Waals surface area contributed by atoms with E-state index >= 15 is 0 Å². The van der Waals surface area contributed by atoms with Crippen LogP contribution in [-0.2, 0) is 17.9 Å². The molecule has 0 unspecified atom stereocenters. The minimum Gasteiger partial charge on any atom is -0.351 e. The number of hydrogen-bond donors (Lipinski definition) is 1. The summed E-state index contributed by atoms with van der Waals surface area (Å²) < 4.78 is 3.61. The van der Waals surface area contributed by atoms with Crippen molar-refractivity contribution < 1.29 is 4.79 Å². The zero-order valence-corrected chi connectivity index (χ0v) is 16.5. The van der Waals surface area contributed by atoms with Gasteiger partial charge in [0.2, 0.25) is 5.91 Å². The van der Waals surface area contributed by atoms with Crippen LogP contribution in [0.5, 0.6) is 0 Å². The van der Waals surface area contributed by atoms with Crippen molar-refractivity contribution in [1.82, 2.24) is 14.8 Å². The van der Waals surface area contributed by atoms with Crippen molar-refractivity contribution in [2.75, 3.05) is 13.1 Å². The summed E-state index contributed by atoms with van der Waals surface area (Å²) in [6.45, 7) is 7.11. The molecule has 1 aliphatic rings. The molecule has 1 aromatic carbocycles. The normalized spacial score (nSPS) is 17.6. The van der Waals surface area contributed by atoms with Crippen LogP contribution in [0.1, 0.15) is 24.1 Å². The molecule has 1 aliphatic heterocycles. The monoisotopic (exact) mass is 449 g/mol. The third-order valence-corrected chi connectivity index (χ3v) is 5.30. The van der Waals surface area contributed by atoms with Gasteiger partial charge in [0.05, 0.1) is 0 Å². The fourth-order valence-corrected chi connectivity index (χ4v) is 4.10. The van der Waals surface area contributed by atoms with Crippen LogP contribution in [0.4, 0.5) is 0 Å². The molecule has 1 N–H and O–H groups in total. The Bertz CT molecular complexity index is 726. The second kappa shape index (κ2) is 8.67. The highest BCUT2D eigenvalue weighted by Gasteiger charge is 2.25. The molecule has 2 aromatic rings. The van der Waals surface area contributed by atoms with Crippen LogP contribution in [0, 0.1) is 3.57 Å². The number of halogens is 1. The van der Waals surface area contributed by atoms with Crippen LogP contribution in [0.25, 0.3) is 0 Å². The molecule has 4 nitrogen and oxygen atoms in total. The average molecular weight is 449 g/mol. The van der Waals surface area contributed by atoms with E-state index < -0.39 is 0 Å². The lowest BCUT2D eigenvalue weighted by atomic mass is 10.2. The molecular weight excluding hydrogens is 425 g/mol. The van der Waals surface area contributed by atoms with Crippen LogP contribution in [0.2, 0.25) is 0 Å². The van der Waals surface area contributed by atoms with Gasteiger partial charge in [-0.15, -0.1) is 0 Å². The number of hydrogen-bond acceptors (Lipinski definition) is 2. The standard InChI is InChI=1S/C20H24IN3O/c1-2-20(25)22-12-18-9-6-10-23(18)15-19-11-17(21)14-24(19)13-16-7-4-3-5-8-16/h2-5,7-8,11,14,18H,1,6,9-10,12-13,15H2,(H,22,25)/t18-/m0/s1. The molecule has 0 radical (unpaired) electrons. The summed E-state index contributed by atoms with van der Waals surface area (Å²) in [7, 11) is 0. The van der Waals surface area contributed by atoms with Gasteiger partial charge in [0, 0.05) is 41.1 Å². The summed E-state index contributed by atoms with van der Waals surface area (Å²) in [6.07, 6.45) is 5.87. The van der Waals surface area contributed by atoms with Crippen molar-refractivity contribution in [2.45, 2.75) is 32.0 Å². The molecular formula is C20H24IN3O. The molecule has 2 heterocycles. The second-order valence-electron chi connectivity index (χ2n) is 6.48. The molecule has 0 saturated carbocycles. The van der Waals surface area contributed by atoms with E-state index in [0.29, 0.717) is 12.6 Å². The van der Waals surface area contributed by atoms with E-state index in [0.717, 1.165) is 26.1 Å². The van der Waals surface area contributed by atoms with Gasteiger partial charge < -0.3 is 9.88 Å². The largest absolute Gasteiger partial charge is 0.351 e. The van der Waals surface area contributed by atoms with Crippen LogP contribution in [-0.4, -0.2) is 34.5 Å². The Labute approximate surface area is 163 Å². The Morgan fingerprint density at radius 3 is 2.88 bits per heavy atom. The number of aromatic nitrogens is 1. The highest BCUT2D eigenvalue weighted by Crippen LogP contribution is 2.22. The van der Waals surface area contributed by atoms with Gasteiger partial charge in [-0.25, -0.2) is 0 Å². The Morgan fingerprint density at radius 1 is 1.32 bits per heavy atom. The molecule has 25 heavy (non-hydrogen) atoms. The minimum absolute atomic E-state index is 0.0890. The van der Waals surface area contributed by atoms with E-state index in [2.05, 4.69) is 86.5 Å². The summed E-state index contributed by atoms with van der Waals surface area (Å²) >= 11 is 2.38. The first kappa shape index (κ1) is 18.2. The lowest BCUT2D eigenvalue weighted by Crippen LogP contribution is -2.39. The number of carbonyl (C=O) groups is 1. The molecule has 0 bridgehead atoms. The van der Waals surface area contributed by atoms with E-state index in [-0.39, 0.29) is 5.91 Å². The molecule has 1 fully saturated rings. The molecule has 1 amide bonds. The van der Waals surface area contributed by atoms with E-state index in [1.807, 2.05) is 0 Å². The maximum Gasteiger partial charge on any atom is 0.243 e. The quantitative estimate of drug-likeness (QED) is 0.520. The van der Waals surface area contributed by atoms with Gasteiger partial charge in [0.1, 0.15) is 0 Å². The van der Waals surface area contributed by atoms with Gasteiger partial charge in [0.15, 0.2) is 0 Å². The predicted molar refractivity (Wildman–Crippen MR) is 109 cm³/mol. The Hall–Kier alpha value is -1.60. The average Bonchev–Trinajstić information content (AvgIpc) is 3.20. The number of nitrogens with one attached hydrogen (secondary N) is 1. The number of carbonyl (C=O) groups excluding carboxylic acids is 1. The predicted octanol–water partition coefficient (Wildman–Crippen LogP) is 3.41. The minimum atomic E-state index is -0.0890. The number of likely N-dealkylation sites (tertiary alicyclic amines) is 1.